The molecule has 0 spiro atoms. The molecule has 1 aliphatic carbocycles. The summed E-state index contributed by atoms with van der Waals surface area (Å²) in [6, 6.07) is 0. The van der Waals surface area contributed by atoms with Gasteiger partial charge < -0.3 is 10.2 Å². The van der Waals surface area contributed by atoms with E-state index in [0.29, 0.717) is 28.8 Å². The molecule has 1 N–H and O–H groups in total. The Balaban J connectivity index is 1.38. The summed E-state index contributed by atoms with van der Waals surface area (Å²) in [5, 5.41) is 7.01. The van der Waals surface area contributed by atoms with Crippen LogP contribution >= 0.6 is 11.5 Å². The maximum Gasteiger partial charge on any atom is 0.267 e. The number of hydrogen-bond donors (Lipinski definition) is 1. The largest absolute Gasteiger partial charge is 0.356 e. The predicted octanol–water partition coefficient (Wildman–Crippen LogP) is 2.40. The fourth-order valence-electron chi connectivity index (χ4n) is 3.72. The summed E-state index contributed by atoms with van der Waals surface area (Å²) in [5.41, 5.74) is 0.714. The van der Waals surface area contributed by atoms with Gasteiger partial charge in [-0.15, -0.1) is 5.10 Å². The van der Waals surface area contributed by atoms with Crippen LogP contribution in [0.5, 0.6) is 0 Å². The van der Waals surface area contributed by atoms with Crippen LogP contribution < -0.4 is 5.32 Å². The van der Waals surface area contributed by atoms with Crippen LogP contribution in [0, 0.1) is 18.8 Å². The minimum Gasteiger partial charge on any atom is -0.356 e. The van der Waals surface area contributed by atoms with E-state index >= 15 is 0 Å². The lowest BCUT2D eigenvalue weighted by molar-refractivity contribution is -0.122. The highest BCUT2D eigenvalue weighted by Gasteiger charge is 2.26. The van der Waals surface area contributed by atoms with Crippen LogP contribution in [0.15, 0.2) is 0 Å². The molecule has 2 fully saturated rings. The number of piperidine rings is 1. The number of carbonyl (C=O) groups is 2. The second-order valence-corrected chi connectivity index (χ2v) is 7.84. The smallest absolute Gasteiger partial charge is 0.267 e. The van der Waals surface area contributed by atoms with Crippen molar-refractivity contribution in [2.24, 2.45) is 11.8 Å². The number of nitrogens with one attached hydrogen (secondary N) is 1. The van der Waals surface area contributed by atoms with Crippen LogP contribution in [0.3, 0.4) is 0 Å². The summed E-state index contributed by atoms with van der Waals surface area (Å²) < 4.78 is 3.84. The molecule has 6 nitrogen and oxygen atoms in total. The normalized spacial score (nSPS) is 19.6. The summed E-state index contributed by atoms with van der Waals surface area (Å²) in [4.78, 5) is 27.0. The summed E-state index contributed by atoms with van der Waals surface area (Å²) >= 11 is 1.17. The molecule has 0 bridgehead atoms. The number of rotatable bonds is 5. The van der Waals surface area contributed by atoms with E-state index in [-0.39, 0.29) is 11.8 Å². The molecule has 0 atom stereocenters. The Bertz CT molecular complexity index is 575. The molecule has 0 aromatic carbocycles. The van der Waals surface area contributed by atoms with Crippen molar-refractivity contribution in [3.8, 4) is 0 Å². The van der Waals surface area contributed by atoms with Crippen molar-refractivity contribution in [1.29, 1.82) is 0 Å². The van der Waals surface area contributed by atoms with E-state index in [2.05, 4.69) is 14.9 Å². The van der Waals surface area contributed by atoms with E-state index in [9.17, 15) is 9.59 Å². The third kappa shape index (κ3) is 4.32. The van der Waals surface area contributed by atoms with Crippen LogP contribution in [-0.4, -0.2) is 45.9 Å². The average Bonchev–Trinajstić information content (AvgIpc) is 3.24. The zero-order valence-corrected chi connectivity index (χ0v) is 15.1. The van der Waals surface area contributed by atoms with Crippen molar-refractivity contribution in [2.45, 2.75) is 51.9 Å². The average molecular weight is 350 g/mol. The van der Waals surface area contributed by atoms with Crippen molar-refractivity contribution >= 4 is 23.3 Å². The molecule has 0 unspecified atom stereocenters. The Morgan fingerprint density at radius 1 is 1.17 bits per heavy atom. The second kappa shape index (κ2) is 8.05. The third-order valence-corrected chi connectivity index (χ3v) is 6.10. The Labute approximate surface area is 147 Å². The van der Waals surface area contributed by atoms with Gasteiger partial charge in [0.2, 0.25) is 5.91 Å². The first-order valence-electron chi connectivity index (χ1n) is 8.98. The van der Waals surface area contributed by atoms with Gasteiger partial charge in [0.05, 0.1) is 5.69 Å². The van der Waals surface area contributed by atoms with Crippen LogP contribution in [0.2, 0.25) is 0 Å². The number of carbonyl (C=O) groups excluding carboxylic acids is 2. The van der Waals surface area contributed by atoms with Gasteiger partial charge in [-0.2, -0.15) is 0 Å². The molecule has 1 aliphatic heterocycles. The fraction of sp³-hybridized carbons (Fsp3) is 0.765. The zero-order chi connectivity index (χ0) is 16.9. The predicted molar refractivity (Wildman–Crippen MR) is 92.9 cm³/mol. The van der Waals surface area contributed by atoms with Crippen LogP contribution in [0.4, 0.5) is 0 Å². The van der Waals surface area contributed by atoms with Gasteiger partial charge in [-0.1, -0.05) is 17.3 Å². The van der Waals surface area contributed by atoms with E-state index in [1.54, 1.807) is 0 Å². The van der Waals surface area contributed by atoms with Gasteiger partial charge in [0.25, 0.3) is 5.91 Å². The number of aromatic nitrogens is 2. The van der Waals surface area contributed by atoms with E-state index in [0.717, 1.165) is 32.5 Å². The quantitative estimate of drug-likeness (QED) is 0.885. The summed E-state index contributed by atoms with van der Waals surface area (Å²) in [6.07, 6.45) is 7.55. The third-order valence-electron chi connectivity index (χ3n) is 5.28. The topological polar surface area (TPSA) is 75.2 Å². The molecule has 7 heteroatoms. The Morgan fingerprint density at radius 3 is 2.50 bits per heavy atom. The standard InChI is InChI=1S/C17H26N4O2S/c1-12-16(24-20-19-12)17(23)21-8-6-14(7-9-21)11-18-15(22)10-13-4-2-3-5-13/h13-14H,2-11H2,1H3,(H,18,22). The van der Waals surface area contributed by atoms with E-state index in [4.69, 9.17) is 0 Å². The highest BCUT2D eigenvalue weighted by molar-refractivity contribution is 7.07. The van der Waals surface area contributed by atoms with Gasteiger partial charge in [0, 0.05) is 26.1 Å². The molecule has 1 aromatic heterocycles. The maximum atomic E-state index is 12.4. The van der Waals surface area contributed by atoms with Gasteiger partial charge in [-0.25, -0.2) is 0 Å². The molecule has 3 rings (SSSR count). The van der Waals surface area contributed by atoms with Crippen molar-refractivity contribution < 1.29 is 9.59 Å². The van der Waals surface area contributed by atoms with E-state index < -0.39 is 0 Å². The number of likely N-dealkylation sites (tertiary alicyclic amines) is 1. The van der Waals surface area contributed by atoms with Gasteiger partial charge in [-0.05, 0) is 56.0 Å². The minimum atomic E-state index is 0.0474. The van der Waals surface area contributed by atoms with Gasteiger partial charge in [-0.3, -0.25) is 9.59 Å². The SMILES string of the molecule is Cc1nnsc1C(=O)N1CCC(CNC(=O)CC2CCCC2)CC1. The van der Waals surface area contributed by atoms with Crippen LogP contribution in [0.25, 0.3) is 0 Å². The number of aryl methyl sites for hydroxylation is 1. The van der Waals surface area contributed by atoms with Crippen LogP contribution in [-0.2, 0) is 4.79 Å². The Morgan fingerprint density at radius 2 is 1.88 bits per heavy atom. The van der Waals surface area contributed by atoms with Crippen molar-refractivity contribution in [1.82, 2.24) is 19.8 Å². The molecule has 2 heterocycles. The highest BCUT2D eigenvalue weighted by atomic mass is 32.1. The first kappa shape index (κ1) is 17.3. The molecule has 1 aromatic rings. The molecular weight excluding hydrogens is 324 g/mol. The van der Waals surface area contributed by atoms with Crippen molar-refractivity contribution in [3.05, 3.63) is 10.6 Å². The second-order valence-electron chi connectivity index (χ2n) is 7.08. The minimum absolute atomic E-state index is 0.0474. The monoisotopic (exact) mass is 350 g/mol. The fourth-order valence-corrected chi connectivity index (χ4v) is 4.34. The van der Waals surface area contributed by atoms with Crippen molar-refractivity contribution in [3.63, 3.8) is 0 Å². The van der Waals surface area contributed by atoms with Gasteiger partial charge in [0.1, 0.15) is 4.88 Å². The first-order chi connectivity index (χ1) is 11.6. The summed E-state index contributed by atoms with van der Waals surface area (Å²) in [7, 11) is 0. The maximum absolute atomic E-state index is 12.4. The molecule has 1 saturated carbocycles. The van der Waals surface area contributed by atoms with Crippen LogP contribution in [0.1, 0.15) is 60.3 Å². The molecule has 2 aliphatic rings. The molecular formula is C17H26N4O2S. The number of amides is 2. The van der Waals surface area contributed by atoms with Gasteiger partial charge >= 0.3 is 0 Å². The summed E-state index contributed by atoms with van der Waals surface area (Å²) in [6.45, 7) is 4.07. The number of nitrogens with zero attached hydrogens (tertiary/aromatic N) is 3. The molecule has 2 amide bonds. The highest BCUT2D eigenvalue weighted by Crippen LogP contribution is 2.27. The summed E-state index contributed by atoms with van der Waals surface area (Å²) in [5.74, 6) is 1.32. The van der Waals surface area contributed by atoms with Crippen molar-refractivity contribution in [2.75, 3.05) is 19.6 Å². The zero-order valence-electron chi connectivity index (χ0n) is 14.3. The molecule has 132 valence electrons. The first-order valence-corrected chi connectivity index (χ1v) is 9.75. The van der Waals surface area contributed by atoms with E-state index in [1.807, 2.05) is 11.8 Å². The number of hydrogen-bond acceptors (Lipinski definition) is 5. The lowest BCUT2D eigenvalue weighted by Crippen LogP contribution is -2.41. The molecule has 1 saturated heterocycles. The lowest BCUT2D eigenvalue weighted by atomic mass is 9.96. The Kier molecular flexibility index (Phi) is 5.81. The lowest BCUT2D eigenvalue weighted by Gasteiger charge is -2.31. The Hall–Kier alpha value is -1.50. The van der Waals surface area contributed by atoms with Gasteiger partial charge in [0.15, 0.2) is 0 Å². The molecule has 24 heavy (non-hydrogen) atoms. The van der Waals surface area contributed by atoms with E-state index in [1.165, 1.54) is 37.2 Å². The molecule has 0 radical (unpaired) electrons.